The highest BCUT2D eigenvalue weighted by atomic mass is 35.5. The molecule has 3 aromatic rings. The molecule has 0 aliphatic carbocycles. The molecule has 0 aliphatic heterocycles. The predicted molar refractivity (Wildman–Crippen MR) is 137 cm³/mol. The number of nitrogens with zero attached hydrogens (tertiary/aromatic N) is 1. The third-order valence-electron chi connectivity index (χ3n) is 5.10. The third kappa shape index (κ3) is 6.98. The van der Waals surface area contributed by atoms with Crippen molar-refractivity contribution in [1.82, 2.24) is 5.32 Å². The van der Waals surface area contributed by atoms with Gasteiger partial charge in [0.1, 0.15) is 12.4 Å². The number of carbonyl (C=O) groups excluding carboxylic acids is 1. The SMILES string of the molecule is Cc1c(Cl)cccc1N(CC(=O)NCCCSCc1ccc(F)cc1)S(=O)(=O)c1ccccc1. The zero-order valence-corrected chi connectivity index (χ0v) is 21.1. The smallest absolute Gasteiger partial charge is 0.264 e. The number of thioether (sulfide) groups is 1. The van der Waals surface area contributed by atoms with Crippen molar-refractivity contribution < 1.29 is 17.6 Å². The van der Waals surface area contributed by atoms with E-state index in [0.717, 1.165) is 27.8 Å². The fourth-order valence-electron chi connectivity index (χ4n) is 3.24. The minimum Gasteiger partial charge on any atom is -0.354 e. The third-order valence-corrected chi connectivity index (χ3v) is 8.39. The maximum absolute atomic E-state index is 13.4. The molecule has 3 rings (SSSR count). The van der Waals surface area contributed by atoms with Gasteiger partial charge in [0.05, 0.1) is 10.6 Å². The van der Waals surface area contributed by atoms with E-state index < -0.39 is 15.9 Å². The van der Waals surface area contributed by atoms with Gasteiger partial charge in [-0.05, 0) is 66.6 Å². The highest BCUT2D eigenvalue weighted by Gasteiger charge is 2.28. The van der Waals surface area contributed by atoms with Gasteiger partial charge in [0.2, 0.25) is 5.91 Å². The van der Waals surface area contributed by atoms with Crippen LogP contribution in [0.4, 0.5) is 10.1 Å². The van der Waals surface area contributed by atoms with Gasteiger partial charge >= 0.3 is 0 Å². The minimum absolute atomic E-state index is 0.0966. The lowest BCUT2D eigenvalue weighted by Crippen LogP contribution is -2.41. The number of amides is 1. The van der Waals surface area contributed by atoms with Crippen LogP contribution in [-0.2, 0) is 20.6 Å². The largest absolute Gasteiger partial charge is 0.354 e. The molecule has 1 amide bonds. The number of carbonyl (C=O) groups is 1. The summed E-state index contributed by atoms with van der Waals surface area (Å²) >= 11 is 7.92. The molecule has 0 heterocycles. The van der Waals surface area contributed by atoms with E-state index in [0.29, 0.717) is 22.8 Å². The van der Waals surface area contributed by atoms with Crippen LogP contribution in [0.15, 0.2) is 77.7 Å². The number of anilines is 1. The molecule has 0 radical (unpaired) electrons. The van der Waals surface area contributed by atoms with Gasteiger partial charge in [-0.1, -0.05) is 48.0 Å². The van der Waals surface area contributed by atoms with Crippen LogP contribution in [0.2, 0.25) is 5.02 Å². The minimum atomic E-state index is -3.98. The second kappa shape index (κ2) is 12.2. The summed E-state index contributed by atoms with van der Waals surface area (Å²) < 4.78 is 40.8. The fraction of sp³-hybridized carbons (Fsp3) is 0.240. The Morgan fingerprint density at radius 3 is 2.44 bits per heavy atom. The Morgan fingerprint density at radius 1 is 1.03 bits per heavy atom. The van der Waals surface area contributed by atoms with Gasteiger partial charge in [-0.2, -0.15) is 11.8 Å². The zero-order chi connectivity index (χ0) is 24.6. The van der Waals surface area contributed by atoms with Crippen LogP contribution in [0.1, 0.15) is 17.5 Å². The molecule has 3 aromatic carbocycles. The van der Waals surface area contributed by atoms with Crippen LogP contribution in [-0.4, -0.2) is 33.2 Å². The number of benzene rings is 3. The number of sulfonamides is 1. The number of halogens is 2. The van der Waals surface area contributed by atoms with Gasteiger partial charge in [-0.25, -0.2) is 12.8 Å². The lowest BCUT2D eigenvalue weighted by atomic mass is 10.2. The quantitative estimate of drug-likeness (QED) is 0.343. The second-order valence-electron chi connectivity index (χ2n) is 7.59. The van der Waals surface area contributed by atoms with Crippen molar-refractivity contribution >= 4 is 45.0 Å². The van der Waals surface area contributed by atoms with Crippen LogP contribution in [0, 0.1) is 12.7 Å². The molecule has 0 unspecified atom stereocenters. The van der Waals surface area contributed by atoms with E-state index in [2.05, 4.69) is 5.32 Å². The molecular formula is C25H26ClFN2O3S2. The van der Waals surface area contributed by atoms with E-state index in [1.807, 2.05) is 0 Å². The van der Waals surface area contributed by atoms with Gasteiger partial charge in [0, 0.05) is 17.3 Å². The topological polar surface area (TPSA) is 66.5 Å². The van der Waals surface area contributed by atoms with Gasteiger partial charge in [-0.15, -0.1) is 0 Å². The van der Waals surface area contributed by atoms with Gasteiger partial charge in [-0.3, -0.25) is 9.10 Å². The van der Waals surface area contributed by atoms with E-state index in [1.165, 1.54) is 24.3 Å². The summed E-state index contributed by atoms with van der Waals surface area (Å²) in [6, 6.07) is 19.4. The molecule has 1 N–H and O–H groups in total. The normalized spacial score (nSPS) is 11.3. The summed E-state index contributed by atoms with van der Waals surface area (Å²) in [5, 5.41) is 3.23. The first-order valence-corrected chi connectivity index (χ1v) is 13.7. The van der Waals surface area contributed by atoms with E-state index >= 15 is 0 Å². The second-order valence-corrected chi connectivity index (χ2v) is 11.0. The molecule has 0 fully saturated rings. The summed E-state index contributed by atoms with van der Waals surface area (Å²) in [7, 11) is -3.98. The monoisotopic (exact) mass is 520 g/mol. The summed E-state index contributed by atoms with van der Waals surface area (Å²) in [4.78, 5) is 12.8. The van der Waals surface area contributed by atoms with E-state index in [1.54, 1.807) is 67.2 Å². The van der Waals surface area contributed by atoms with Gasteiger partial charge < -0.3 is 5.32 Å². The molecule has 0 bridgehead atoms. The lowest BCUT2D eigenvalue weighted by Gasteiger charge is -2.26. The summed E-state index contributed by atoms with van der Waals surface area (Å²) in [6.45, 7) is 1.78. The van der Waals surface area contributed by atoms with Crippen molar-refractivity contribution in [1.29, 1.82) is 0 Å². The van der Waals surface area contributed by atoms with Crippen molar-refractivity contribution in [3.8, 4) is 0 Å². The molecule has 0 saturated carbocycles. The Morgan fingerprint density at radius 2 is 1.74 bits per heavy atom. The first-order chi connectivity index (χ1) is 16.3. The summed E-state index contributed by atoms with van der Waals surface area (Å²) in [5.41, 5.74) is 1.98. The standard InChI is InChI=1S/C25H26ClFN2O3S2/c1-19-23(26)9-5-10-24(19)29(34(31,32)22-7-3-2-4-8-22)17-25(30)28-15-6-16-33-18-20-11-13-21(27)14-12-20/h2-5,7-14H,6,15-18H2,1H3,(H,28,30). The Labute approximate surface area is 209 Å². The average Bonchev–Trinajstić information content (AvgIpc) is 2.83. The van der Waals surface area contributed by atoms with E-state index in [9.17, 15) is 17.6 Å². The van der Waals surface area contributed by atoms with E-state index in [4.69, 9.17) is 11.6 Å². The van der Waals surface area contributed by atoms with Crippen LogP contribution >= 0.6 is 23.4 Å². The van der Waals surface area contributed by atoms with Crippen molar-refractivity contribution in [3.63, 3.8) is 0 Å². The molecule has 5 nitrogen and oxygen atoms in total. The molecule has 34 heavy (non-hydrogen) atoms. The first-order valence-electron chi connectivity index (χ1n) is 10.7. The number of nitrogens with one attached hydrogen (secondary N) is 1. The molecule has 0 atom stereocenters. The molecule has 0 saturated heterocycles. The molecule has 0 aromatic heterocycles. The number of hydrogen-bond donors (Lipinski definition) is 1. The average molecular weight is 521 g/mol. The highest BCUT2D eigenvalue weighted by Crippen LogP contribution is 2.30. The van der Waals surface area contributed by atoms with Gasteiger partial charge in [0.15, 0.2) is 0 Å². The Kier molecular flexibility index (Phi) is 9.38. The van der Waals surface area contributed by atoms with Crippen molar-refractivity contribution in [2.24, 2.45) is 0 Å². The molecule has 0 spiro atoms. The maximum atomic E-state index is 13.4. The summed E-state index contributed by atoms with van der Waals surface area (Å²) in [6.07, 6.45) is 0.721. The molecule has 0 aliphatic rings. The van der Waals surface area contributed by atoms with Crippen molar-refractivity contribution in [2.75, 3.05) is 23.1 Å². The van der Waals surface area contributed by atoms with Crippen LogP contribution in [0.3, 0.4) is 0 Å². The Hall–Kier alpha value is -2.55. The zero-order valence-electron chi connectivity index (χ0n) is 18.7. The van der Waals surface area contributed by atoms with Crippen LogP contribution < -0.4 is 9.62 Å². The van der Waals surface area contributed by atoms with Crippen LogP contribution in [0.5, 0.6) is 0 Å². The predicted octanol–water partition coefficient (Wildman–Crippen LogP) is 5.42. The summed E-state index contributed by atoms with van der Waals surface area (Å²) in [5.74, 6) is 0.901. The lowest BCUT2D eigenvalue weighted by molar-refractivity contribution is -0.119. The molecule has 180 valence electrons. The maximum Gasteiger partial charge on any atom is 0.264 e. The van der Waals surface area contributed by atoms with Crippen molar-refractivity contribution in [2.45, 2.75) is 24.0 Å². The number of hydrogen-bond acceptors (Lipinski definition) is 4. The van der Waals surface area contributed by atoms with Crippen molar-refractivity contribution in [3.05, 3.63) is 94.8 Å². The number of rotatable bonds is 11. The first kappa shape index (κ1) is 26.1. The van der Waals surface area contributed by atoms with Crippen LogP contribution in [0.25, 0.3) is 0 Å². The van der Waals surface area contributed by atoms with E-state index in [-0.39, 0.29) is 17.3 Å². The highest BCUT2D eigenvalue weighted by molar-refractivity contribution is 7.98. The Bertz CT molecular complexity index is 1210. The van der Waals surface area contributed by atoms with Gasteiger partial charge in [0.25, 0.3) is 10.0 Å². The molecule has 9 heteroatoms. The molecular weight excluding hydrogens is 495 g/mol. The Balaban J connectivity index is 1.60. The fourth-order valence-corrected chi connectivity index (χ4v) is 5.83.